The van der Waals surface area contributed by atoms with Gasteiger partial charge in [0.05, 0.1) is 26.3 Å². The second-order valence-corrected chi connectivity index (χ2v) is 9.54. The van der Waals surface area contributed by atoms with Crippen molar-refractivity contribution in [3.63, 3.8) is 0 Å². The molecule has 1 amide bonds. The van der Waals surface area contributed by atoms with Gasteiger partial charge in [-0.25, -0.2) is 9.38 Å². The molecule has 0 unspecified atom stereocenters. The van der Waals surface area contributed by atoms with Gasteiger partial charge < -0.3 is 9.88 Å². The number of benzene rings is 2. The summed E-state index contributed by atoms with van der Waals surface area (Å²) in [6, 6.07) is 12.0. The lowest BCUT2D eigenvalue weighted by Crippen LogP contribution is -2.19. The van der Waals surface area contributed by atoms with Crippen LogP contribution in [-0.4, -0.2) is 15.6 Å². The molecular formula is C22H15BrCl2FN3OS. The fourth-order valence-corrected chi connectivity index (χ4v) is 4.77. The van der Waals surface area contributed by atoms with E-state index in [0.717, 1.165) is 17.0 Å². The molecule has 0 radical (unpaired) electrons. The van der Waals surface area contributed by atoms with E-state index in [9.17, 15) is 9.18 Å². The van der Waals surface area contributed by atoms with Gasteiger partial charge in [-0.1, -0.05) is 45.2 Å². The smallest absolute Gasteiger partial charge is 0.264 e. The predicted molar refractivity (Wildman–Crippen MR) is 130 cm³/mol. The molecule has 0 atom stereocenters. The van der Waals surface area contributed by atoms with Gasteiger partial charge in [-0.3, -0.25) is 4.79 Å². The van der Waals surface area contributed by atoms with Gasteiger partial charge in [0.15, 0.2) is 5.17 Å². The summed E-state index contributed by atoms with van der Waals surface area (Å²) in [5, 5.41) is 3.86. The maximum Gasteiger partial charge on any atom is 0.264 e. The van der Waals surface area contributed by atoms with Crippen molar-refractivity contribution < 1.29 is 9.18 Å². The van der Waals surface area contributed by atoms with Crippen molar-refractivity contribution in [1.29, 1.82) is 0 Å². The van der Waals surface area contributed by atoms with Gasteiger partial charge in [0.25, 0.3) is 5.91 Å². The van der Waals surface area contributed by atoms with Crippen LogP contribution >= 0.6 is 50.9 Å². The van der Waals surface area contributed by atoms with Crippen molar-refractivity contribution in [2.45, 2.75) is 13.8 Å². The second kappa shape index (κ2) is 8.82. The van der Waals surface area contributed by atoms with Crippen molar-refractivity contribution in [1.82, 2.24) is 9.88 Å². The number of amidine groups is 1. The first-order valence-electron chi connectivity index (χ1n) is 9.12. The molecule has 0 aliphatic carbocycles. The van der Waals surface area contributed by atoms with Gasteiger partial charge >= 0.3 is 0 Å². The summed E-state index contributed by atoms with van der Waals surface area (Å²) < 4.78 is 17.0. The molecule has 4 nitrogen and oxygen atoms in total. The molecule has 158 valence electrons. The number of hydrogen-bond acceptors (Lipinski definition) is 3. The quantitative estimate of drug-likeness (QED) is 0.358. The number of nitrogens with one attached hydrogen (secondary N) is 1. The summed E-state index contributed by atoms with van der Waals surface area (Å²) in [5.74, 6) is -0.599. The zero-order valence-corrected chi connectivity index (χ0v) is 20.3. The molecule has 2 heterocycles. The van der Waals surface area contributed by atoms with E-state index in [-0.39, 0.29) is 11.7 Å². The first-order valence-corrected chi connectivity index (χ1v) is 11.5. The standard InChI is InChI=1S/C22H15BrCl2FN3OS/c1-11-8-13(12(2)29(11)18-7-6-14(23)10-16(18)26)9-19-21(30)28-22(31-19)27-17-5-3-4-15(24)20(17)25/h3-10H,1-2H3,(H,27,28,30)/b19-9+. The number of thioether (sulfide) groups is 1. The number of halogens is 4. The van der Waals surface area contributed by atoms with E-state index in [0.29, 0.717) is 36.0 Å². The van der Waals surface area contributed by atoms with E-state index < -0.39 is 0 Å². The Balaban J connectivity index is 1.67. The van der Waals surface area contributed by atoms with Crippen LogP contribution in [-0.2, 0) is 4.79 Å². The van der Waals surface area contributed by atoms with Crippen molar-refractivity contribution >= 4 is 73.7 Å². The molecule has 9 heteroatoms. The summed E-state index contributed by atoms with van der Waals surface area (Å²) >= 11 is 16.7. The minimum Gasteiger partial charge on any atom is -0.315 e. The molecule has 1 saturated heterocycles. The van der Waals surface area contributed by atoms with E-state index in [1.165, 1.54) is 17.8 Å². The Bertz CT molecular complexity index is 1290. The molecule has 1 aliphatic heterocycles. The topological polar surface area (TPSA) is 46.4 Å². The highest BCUT2D eigenvalue weighted by Crippen LogP contribution is 2.35. The SMILES string of the molecule is Cc1cc(/C=C2/SC(=Nc3cccc(Cl)c3Cl)NC2=O)c(C)n1-c1ccc(Br)cc1F. The lowest BCUT2D eigenvalue weighted by molar-refractivity contribution is -0.115. The Morgan fingerprint density at radius 2 is 1.97 bits per heavy atom. The van der Waals surface area contributed by atoms with Gasteiger partial charge in [-0.15, -0.1) is 0 Å². The van der Waals surface area contributed by atoms with Crippen molar-refractivity contribution in [2.75, 3.05) is 0 Å². The van der Waals surface area contributed by atoms with E-state index in [2.05, 4.69) is 26.2 Å². The third-order valence-electron chi connectivity index (χ3n) is 4.71. The number of hydrogen-bond donors (Lipinski definition) is 1. The first kappa shape index (κ1) is 22.1. The number of rotatable bonds is 3. The first-order chi connectivity index (χ1) is 14.7. The Morgan fingerprint density at radius 3 is 2.71 bits per heavy atom. The van der Waals surface area contributed by atoms with Crippen LogP contribution in [0.4, 0.5) is 10.1 Å². The normalized spacial score (nSPS) is 16.4. The highest BCUT2D eigenvalue weighted by Gasteiger charge is 2.25. The predicted octanol–water partition coefficient (Wildman–Crippen LogP) is 7.19. The number of nitrogens with zero attached hydrogens (tertiary/aromatic N) is 2. The lowest BCUT2D eigenvalue weighted by atomic mass is 10.2. The van der Waals surface area contributed by atoms with Crippen molar-refractivity contribution in [3.05, 3.63) is 84.7 Å². The molecule has 1 N–H and O–H groups in total. The fourth-order valence-electron chi connectivity index (χ4n) is 3.28. The van der Waals surface area contributed by atoms with E-state index in [1.54, 1.807) is 36.4 Å². The van der Waals surface area contributed by atoms with E-state index in [1.807, 2.05) is 24.5 Å². The molecule has 4 rings (SSSR count). The molecule has 2 aromatic carbocycles. The summed E-state index contributed by atoms with van der Waals surface area (Å²) in [4.78, 5) is 17.4. The average Bonchev–Trinajstić information content (AvgIpc) is 3.18. The Labute approximate surface area is 201 Å². The largest absolute Gasteiger partial charge is 0.315 e. The number of amides is 1. The van der Waals surface area contributed by atoms with Gasteiger partial charge in [0, 0.05) is 15.9 Å². The number of aryl methyl sites for hydroxylation is 1. The number of aromatic nitrogens is 1. The second-order valence-electron chi connectivity index (χ2n) is 6.81. The maximum absolute atomic E-state index is 14.5. The van der Waals surface area contributed by atoms with Crippen LogP contribution in [0.1, 0.15) is 17.0 Å². The molecule has 31 heavy (non-hydrogen) atoms. The molecule has 0 saturated carbocycles. The molecular weight excluding hydrogens is 524 g/mol. The highest BCUT2D eigenvalue weighted by atomic mass is 79.9. The van der Waals surface area contributed by atoms with Gasteiger partial charge in [0.1, 0.15) is 5.82 Å². The summed E-state index contributed by atoms with van der Waals surface area (Å²) in [7, 11) is 0. The molecule has 3 aromatic rings. The van der Waals surface area contributed by atoms with E-state index in [4.69, 9.17) is 23.2 Å². The number of carbonyl (C=O) groups excluding carboxylic acids is 1. The van der Waals surface area contributed by atoms with Crippen LogP contribution in [0.25, 0.3) is 11.8 Å². The van der Waals surface area contributed by atoms with Crippen LogP contribution in [0.3, 0.4) is 0 Å². The van der Waals surface area contributed by atoms with Crippen LogP contribution in [0.5, 0.6) is 0 Å². The highest BCUT2D eigenvalue weighted by molar-refractivity contribution is 9.10. The molecule has 0 bridgehead atoms. The lowest BCUT2D eigenvalue weighted by Gasteiger charge is -2.11. The third kappa shape index (κ3) is 4.46. The molecule has 0 spiro atoms. The molecule has 1 fully saturated rings. The fraction of sp³-hybridized carbons (Fsp3) is 0.0909. The Hall–Kier alpha value is -2.06. The zero-order chi connectivity index (χ0) is 22.3. The van der Waals surface area contributed by atoms with Gasteiger partial charge in [0.2, 0.25) is 0 Å². The number of aliphatic imine (C=N–C) groups is 1. The van der Waals surface area contributed by atoms with Crippen LogP contribution in [0, 0.1) is 19.7 Å². The number of carbonyl (C=O) groups is 1. The zero-order valence-electron chi connectivity index (χ0n) is 16.3. The van der Waals surface area contributed by atoms with Crippen molar-refractivity contribution in [2.24, 2.45) is 4.99 Å². The summed E-state index contributed by atoms with van der Waals surface area (Å²) in [5.41, 5.74) is 3.42. The summed E-state index contributed by atoms with van der Waals surface area (Å²) in [6.45, 7) is 3.78. The monoisotopic (exact) mass is 537 g/mol. The van der Waals surface area contributed by atoms with Gasteiger partial charge in [-0.05, 0) is 73.6 Å². The Kier molecular flexibility index (Phi) is 6.30. The van der Waals surface area contributed by atoms with Crippen LogP contribution in [0.2, 0.25) is 10.0 Å². The minimum absolute atomic E-state index is 0.262. The Morgan fingerprint density at radius 1 is 1.19 bits per heavy atom. The summed E-state index contributed by atoms with van der Waals surface area (Å²) in [6.07, 6.45) is 1.78. The van der Waals surface area contributed by atoms with E-state index >= 15 is 0 Å². The maximum atomic E-state index is 14.5. The third-order valence-corrected chi connectivity index (χ3v) is 6.92. The van der Waals surface area contributed by atoms with Crippen molar-refractivity contribution in [3.8, 4) is 5.69 Å². The molecule has 1 aromatic heterocycles. The molecule has 1 aliphatic rings. The average molecular weight is 539 g/mol. The van der Waals surface area contributed by atoms with Gasteiger partial charge in [-0.2, -0.15) is 0 Å². The minimum atomic E-state index is -0.337. The van der Waals surface area contributed by atoms with Crippen LogP contribution < -0.4 is 5.32 Å². The van der Waals surface area contributed by atoms with Crippen LogP contribution in [0.15, 0.2) is 56.8 Å².